The van der Waals surface area contributed by atoms with Crippen LogP contribution in [0.25, 0.3) is 0 Å². The maximum absolute atomic E-state index is 12.8. The van der Waals surface area contributed by atoms with Crippen molar-refractivity contribution < 1.29 is 9.53 Å². The summed E-state index contributed by atoms with van der Waals surface area (Å²) in [6, 6.07) is 8.25. The second kappa shape index (κ2) is 5.94. The normalized spacial score (nSPS) is 22.6. The van der Waals surface area contributed by atoms with Gasteiger partial charge >= 0.3 is 0 Å². The summed E-state index contributed by atoms with van der Waals surface area (Å²) < 4.78 is 5.10. The molecule has 0 saturated heterocycles. The van der Waals surface area contributed by atoms with Crippen LogP contribution in [0.2, 0.25) is 0 Å². The molecule has 110 valence electrons. The van der Waals surface area contributed by atoms with Crippen LogP contribution in [0.1, 0.15) is 24.5 Å². The number of aryl methyl sites for hydroxylation is 1. The average Bonchev–Trinajstić information content (AvgIpc) is 2.79. The molecule has 2 rings (SSSR count). The SMILES string of the molecule is COC[C@@H](C)NC(=O)[C@@]1(N(C)C)CCc2ccccc21. The van der Waals surface area contributed by atoms with Crippen molar-refractivity contribution in [2.45, 2.75) is 31.3 Å². The molecule has 0 aliphatic heterocycles. The molecule has 2 atom stereocenters. The minimum absolute atomic E-state index is 0.0112. The Morgan fingerprint density at radius 2 is 2.15 bits per heavy atom. The zero-order valence-corrected chi connectivity index (χ0v) is 12.8. The number of benzene rings is 1. The summed E-state index contributed by atoms with van der Waals surface area (Å²) in [5.74, 6) is 0.0667. The van der Waals surface area contributed by atoms with Gasteiger partial charge in [0, 0.05) is 13.2 Å². The third kappa shape index (κ3) is 2.45. The quantitative estimate of drug-likeness (QED) is 0.887. The van der Waals surface area contributed by atoms with Gasteiger partial charge in [-0.25, -0.2) is 0 Å². The van der Waals surface area contributed by atoms with Gasteiger partial charge in [-0.2, -0.15) is 0 Å². The van der Waals surface area contributed by atoms with Crippen molar-refractivity contribution >= 4 is 5.91 Å². The largest absolute Gasteiger partial charge is 0.383 e. The summed E-state index contributed by atoms with van der Waals surface area (Å²) >= 11 is 0. The van der Waals surface area contributed by atoms with Gasteiger partial charge in [0.05, 0.1) is 6.61 Å². The lowest BCUT2D eigenvalue weighted by Crippen LogP contribution is -2.54. The van der Waals surface area contributed by atoms with Crippen molar-refractivity contribution in [1.82, 2.24) is 10.2 Å². The summed E-state index contributed by atoms with van der Waals surface area (Å²) in [6.45, 7) is 2.49. The molecule has 4 nitrogen and oxygen atoms in total. The lowest BCUT2D eigenvalue weighted by molar-refractivity contribution is -0.133. The van der Waals surface area contributed by atoms with Crippen molar-refractivity contribution in [2.24, 2.45) is 0 Å². The van der Waals surface area contributed by atoms with Gasteiger partial charge in [-0.3, -0.25) is 9.69 Å². The molecule has 0 spiro atoms. The van der Waals surface area contributed by atoms with E-state index in [0.717, 1.165) is 18.4 Å². The van der Waals surface area contributed by atoms with E-state index in [0.29, 0.717) is 6.61 Å². The van der Waals surface area contributed by atoms with Crippen LogP contribution in [0, 0.1) is 0 Å². The van der Waals surface area contributed by atoms with Crippen molar-refractivity contribution in [3.05, 3.63) is 35.4 Å². The predicted molar refractivity (Wildman–Crippen MR) is 79.6 cm³/mol. The van der Waals surface area contributed by atoms with E-state index in [1.54, 1.807) is 7.11 Å². The maximum Gasteiger partial charge on any atom is 0.245 e. The van der Waals surface area contributed by atoms with Crippen LogP contribution in [0.4, 0.5) is 0 Å². The van der Waals surface area contributed by atoms with Gasteiger partial charge in [0.25, 0.3) is 0 Å². The zero-order chi connectivity index (χ0) is 14.8. The van der Waals surface area contributed by atoms with Gasteiger partial charge in [-0.1, -0.05) is 24.3 Å². The molecule has 1 N–H and O–H groups in total. The monoisotopic (exact) mass is 276 g/mol. The minimum Gasteiger partial charge on any atom is -0.383 e. The van der Waals surface area contributed by atoms with Crippen LogP contribution in [0.3, 0.4) is 0 Å². The molecule has 0 saturated carbocycles. The average molecular weight is 276 g/mol. The van der Waals surface area contributed by atoms with Gasteiger partial charge in [-0.05, 0) is 45.0 Å². The lowest BCUT2D eigenvalue weighted by Gasteiger charge is -2.36. The van der Waals surface area contributed by atoms with Crippen LogP contribution >= 0.6 is 0 Å². The van der Waals surface area contributed by atoms with Gasteiger partial charge < -0.3 is 10.1 Å². The fourth-order valence-electron chi connectivity index (χ4n) is 3.13. The number of nitrogens with one attached hydrogen (secondary N) is 1. The molecule has 1 aromatic rings. The number of likely N-dealkylation sites (N-methyl/N-ethyl adjacent to an activating group) is 1. The molecule has 4 heteroatoms. The van der Waals surface area contributed by atoms with E-state index in [9.17, 15) is 4.79 Å². The van der Waals surface area contributed by atoms with E-state index in [-0.39, 0.29) is 11.9 Å². The molecule has 1 aliphatic rings. The van der Waals surface area contributed by atoms with Crippen molar-refractivity contribution in [2.75, 3.05) is 27.8 Å². The number of carbonyl (C=O) groups excluding carboxylic acids is 1. The van der Waals surface area contributed by atoms with E-state index >= 15 is 0 Å². The first-order valence-electron chi connectivity index (χ1n) is 7.08. The van der Waals surface area contributed by atoms with Crippen LogP contribution in [0.15, 0.2) is 24.3 Å². The Bertz CT molecular complexity index is 487. The molecule has 0 bridgehead atoms. The number of carbonyl (C=O) groups is 1. The highest BCUT2D eigenvalue weighted by Crippen LogP contribution is 2.40. The number of hydrogen-bond donors (Lipinski definition) is 1. The van der Waals surface area contributed by atoms with E-state index < -0.39 is 5.54 Å². The first-order valence-corrected chi connectivity index (χ1v) is 7.08. The Kier molecular flexibility index (Phi) is 4.45. The predicted octanol–water partition coefficient (Wildman–Crippen LogP) is 1.54. The summed E-state index contributed by atoms with van der Waals surface area (Å²) in [4.78, 5) is 14.9. The highest BCUT2D eigenvalue weighted by Gasteiger charge is 2.47. The summed E-state index contributed by atoms with van der Waals surface area (Å²) in [5, 5.41) is 3.08. The molecule has 0 unspecified atom stereocenters. The summed E-state index contributed by atoms with van der Waals surface area (Å²) in [6.07, 6.45) is 1.77. The second-order valence-corrected chi connectivity index (χ2v) is 5.74. The Labute approximate surface area is 121 Å². The zero-order valence-electron chi connectivity index (χ0n) is 12.8. The summed E-state index contributed by atoms with van der Waals surface area (Å²) in [5.41, 5.74) is 1.85. The van der Waals surface area contributed by atoms with Crippen molar-refractivity contribution in [3.8, 4) is 0 Å². The van der Waals surface area contributed by atoms with E-state index in [2.05, 4.69) is 17.4 Å². The number of ether oxygens (including phenoxy) is 1. The topological polar surface area (TPSA) is 41.6 Å². The minimum atomic E-state index is -0.557. The number of hydrogen-bond acceptors (Lipinski definition) is 3. The number of rotatable bonds is 5. The summed E-state index contributed by atoms with van der Waals surface area (Å²) in [7, 11) is 5.60. The van der Waals surface area contributed by atoms with Crippen LogP contribution in [0.5, 0.6) is 0 Å². The van der Waals surface area contributed by atoms with Crippen molar-refractivity contribution in [1.29, 1.82) is 0 Å². The smallest absolute Gasteiger partial charge is 0.245 e. The first kappa shape index (κ1) is 15.0. The molecular weight excluding hydrogens is 252 g/mol. The standard InChI is InChI=1S/C16H24N2O2/c1-12(11-20-4)17-15(19)16(18(2)3)10-9-13-7-5-6-8-14(13)16/h5-8,12H,9-11H2,1-4H3,(H,17,19)/t12-,16-/m1/s1. The third-order valence-corrected chi connectivity index (χ3v) is 4.15. The Morgan fingerprint density at radius 3 is 2.80 bits per heavy atom. The highest BCUT2D eigenvalue weighted by molar-refractivity contribution is 5.89. The van der Waals surface area contributed by atoms with Gasteiger partial charge in [0.15, 0.2) is 0 Å². The first-order chi connectivity index (χ1) is 9.52. The molecule has 1 aromatic carbocycles. The van der Waals surface area contributed by atoms with Gasteiger partial charge in [0.2, 0.25) is 5.91 Å². The fourth-order valence-corrected chi connectivity index (χ4v) is 3.13. The number of methoxy groups -OCH3 is 1. The maximum atomic E-state index is 12.8. The Morgan fingerprint density at radius 1 is 1.45 bits per heavy atom. The third-order valence-electron chi connectivity index (χ3n) is 4.15. The molecule has 0 fully saturated rings. The molecule has 0 heterocycles. The molecule has 1 aliphatic carbocycles. The molecular formula is C16H24N2O2. The number of amides is 1. The molecule has 1 amide bonds. The molecule has 0 radical (unpaired) electrons. The fraction of sp³-hybridized carbons (Fsp3) is 0.562. The Balaban J connectivity index is 2.31. The number of fused-ring (bicyclic) bond motifs is 1. The van der Waals surface area contributed by atoms with Gasteiger partial charge in [-0.15, -0.1) is 0 Å². The second-order valence-electron chi connectivity index (χ2n) is 5.74. The van der Waals surface area contributed by atoms with Crippen molar-refractivity contribution in [3.63, 3.8) is 0 Å². The van der Waals surface area contributed by atoms with E-state index in [1.165, 1.54) is 5.56 Å². The molecule has 0 aromatic heterocycles. The van der Waals surface area contributed by atoms with Crippen LogP contribution < -0.4 is 5.32 Å². The lowest BCUT2D eigenvalue weighted by atomic mass is 9.89. The van der Waals surface area contributed by atoms with Crippen LogP contribution in [-0.2, 0) is 21.5 Å². The number of nitrogens with zero attached hydrogens (tertiary/aromatic N) is 1. The van der Waals surface area contributed by atoms with E-state index in [1.807, 2.05) is 38.1 Å². The molecule has 20 heavy (non-hydrogen) atoms. The van der Waals surface area contributed by atoms with Crippen LogP contribution in [-0.4, -0.2) is 44.7 Å². The van der Waals surface area contributed by atoms with Gasteiger partial charge in [0.1, 0.15) is 5.54 Å². The highest BCUT2D eigenvalue weighted by atomic mass is 16.5. The Hall–Kier alpha value is -1.39. The van der Waals surface area contributed by atoms with E-state index in [4.69, 9.17) is 4.74 Å².